The van der Waals surface area contributed by atoms with Gasteiger partial charge in [0.05, 0.1) is 7.11 Å². The molecule has 2 heterocycles. The lowest BCUT2D eigenvalue weighted by Gasteiger charge is -2.35. The summed E-state index contributed by atoms with van der Waals surface area (Å²) in [5.41, 5.74) is 0.549. The highest BCUT2D eigenvalue weighted by Crippen LogP contribution is 2.24. The van der Waals surface area contributed by atoms with Crippen LogP contribution in [0.1, 0.15) is 16.2 Å². The van der Waals surface area contributed by atoms with Crippen LogP contribution in [0.5, 0.6) is 17.4 Å². The van der Waals surface area contributed by atoms with Crippen LogP contribution in [0.15, 0.2) is 54.6 Å². The number of carbonyl (C=O) groups excluding carboxylic acids is 1. The number of hydrogen-bond acceptors (Lipinski definition) is 6. The predicted molar refractivity (Wildman–Crippen MR) is 114 cm³/mol. The standard InChI is InChI=1S/C23H23FN4O3/c1-16-25-21(15-22(26-16)30-2)27-10-12-28(13-11-27)23(29)17-4-3-5-20(14-17)31-19-8-6-18(24)7-9-19/h3-9,14-15H,10-13H2,1-2H3. The van der Waals surface area contributed by atoms with Crippen molar-refractivity contribution in [2.45, 2.75) is 6.92 Å². The lowest BCUT2D eigenvalue weighted by atomic mass is 10.1. The van der Waals surface area contributed by atoms with Crippen molar-refractivity contribution in [2.75, 3.05) is 38.2 Å². The maximum absolute atomic E-state index is 13.1. The average molecular weight is 422 g/mol. The third kappa shape index (κ3) is 4.91. The van der Waals surface area contributed by atoms with E-state index in [1.54, 1.807) is 49.6 Å². The Balaban J connectivity index is 1.40. The molecule has 3 aromatic rings. The molecule has 0 atom stereocenters. The number of amides is 1. The molecule has 0 N–H and O–H groups in total. The van der Waals surface area contributed by atoms with Crippen molar-refractivity contribution in [1.82, 2.24) is 14.9 Å². The van der Waals surface area contributed by atoms with E-state index in [1.807, 2.05) is 11.8 Å². The first-order valence-electron chi connectivity index (χ1n) is 9.99. The van der Waals surface area contributed by atoms with Crippen molar-refractivity contribution in [2.24, 2.45) is 0 Å². The molecule has 160 valence electrons. The number of aromatic nitrogens is 2. The normalized spacial score (nSPS) is 13.8. The molecule has 1 aliphatic heterocycles. The first-order valence-corrected chi connectivity index (χ1v) is 9.99. The minimum Gasteiger partial charge on any atom is -0.481 e. The molecular formula is C23H23FN4O3. The number of anilines is 1. The van der Waals surface area contributed by atoms with Crippen molar-refractivity contribution in [3.8, 4) is 17.4 Å². The molecule has 7 nitrogen and oxygen atoms in total. The van der Waals surface area contributed by atoms with E-state index < -0.39 is 0 Å². The van der Waals surface area contributed by atoms with Crippen LogP contribution >= 0.6 is 0 Å². The van der Waals surface area contributed by atoms with Gasteiger partial charge in [0.15, 0.2) is 0 Å². The smallest absolute Gasteiger partial charge is 0.254 e. The highest BCUT2D eigenvalue weighted by Gasteiger charge is 2.24. The average Bonchev–Trinajstić information content (AvgIpc) is 2.80. The van der Waals surface area contributed by atoms with E-state index >= 15 is 0 Å². The van der Waals surface area contributed by atoms with Gasteiger partial charge in [-0.2, -0.15) is 4.98 Å². The van der Waals surface area contributed by atoms with Crippen LogP contribution in [0.3, 0.4) is 0 Å². The molecule has 1 aromatic heterocycles. The fraction of sp³-hybridized carbons (Fsp3) is 0.261. The highest BCUT2D eigenvalue weighted by atomic mass is 19.1. The number of benzene rings is 2. The van der Waals surface area contributed by atoms with Gasteiger partial charge in [0, 0.05) is 37.8 Å². The molecule has 0 saturated carbocycles. The van der Waals surface area contributed by atoms with Gasteiger partial charge in [0.25, 0.3) is 5.91 Å². The molecule has 4 rings (SSSR count). The molecule has 31 heavy (non-hydrogen) atoms. The van der Waals surface area contributed by atoms with Crippen LogP contribution in [-0.2, 0) is 0 Å². The third-order valence-corrected chi connectivity index (χ3v) is 5.03. The Morgan fingerprint density at radius 1 is 0.968 bits per heavy atom. The zero-order chi connectivity index (χ0) is 21.8. The fourth-order valence-corrected chi connectivity index (χ4v) is 3.44. The summed E-state index contributed by atoms with van der Waals surface area (Å²) in [4.78, 5) is 25.6. The summed E-state index contributed by atoms with van der Waals surface area (Å²) in [7, 11) is 1.58. The van der Waals surface area contributed by atoms with Crippen molar-refractivity contribution < 1.29 is 18.7 Å². The highest BCUT2D eigenvalue weighted by molar-refractivity contribution is 5.94. The van der Waals surface area contributed by atoms with E-state index in [0.717, 1.165) is 5.82 Å². The van der Waals surface area contributed by atoms with Gasteiger partial charge in [-0.3, -0.25) is 4.79 Å². The van der Waals surface area contributed by atoms with E-state index in [1.165, 1.54) is 12.1 Å². The van der Waals surface area contributed by atoms with Crippen LogP contribution in [0, 0.1) is 12.7 Å². The molecule has 0 radical (unpaired) electrons. The van der Waals surface area contributed by atoms with E-state index in [9.17, 15) is 9.18 Å². The number of halogens is 1. The monoisotopic (exact) mass is 422 g/mol. The number of methoxy groups -OCH3 is 1. The maximum Gasteiger partial charge on any atom is 0.254 e. The summed E-state index contributed by atoms with van der Waals surface area (Å²) < 4.78 is 24.1. The van der Waals surface area contributed by atoms with E-state index in [2.05, 4.69) is 14.9 Å². The number of piperazine rings is 1. The SMILES string of the molecule is COc1cc(N2CCN(C(=O)c3cccc(Oc4ccc(F)cc4)c3)CC2)nc(C)n1. The summed E-state index contributed by atoms with van der Waals surface area (Å²) >= 11 is 0. The number of carbonyl (C=O) groups is 1. The molecule has 8 heteroatoms. The number of hydrogen-bond donors (Lipinski definition) is 0. The van der Waals surface area contributed by atoms with E-state index in [-0.39, 0.29) is 11.7 Å². The Kier molecular flexibility index (Phi) is 5.97. The summed E-state index contributed by atoms with van der Waals surface area (Å²) in [6.45, 7) is 4.31. The zero-order valence-corrected chi connectivity index (χ0v) is 17.4. The molecule has 2 aromatic carbocycles. The second-order valence-corrected chi connectivity index (χ2v) is 7.18. The largest absolute Gasteiger partial charge is 0.481 e. The van der Waals surface area contributed by atoms with Gasteiger partial charge >= 0.3 is 0 Å². The van der Waals surface area contributed by atoms with E-state index in [0.29, 0.717) is 54.9 Å². The van der Waals surface area contributed by atoms with E-state index in [4.69, 9.17) is 9.47 Å². The lowest BCUT2D eigenvalue weighted by Crippen LogP contribution is -2.49. The summed E-state index contributed by atoms with van der Waals surface area (Å²) in [6, 6.07) is 14.6. The third-order valence-electron chi connectivity index (χ3n) is 5.03. The second-order valence-electron chi connectivity index (χ2n) is 7.18. The molecular weight excluding hydrogens is 399 g/mol. The molecule has 0 spiro atoms. The number of nitrogens with zero attached hydrogens (tertiary/aromatic N) is 4. The molecule has 1 aliphatic rings. The molecule has 1 saturated heterocycles. The van der Waals surface area contributed by atoms with Gasteiger partial charge < -0.3 is 19.3 Å². The van der Waals surface area contributed by atoms with Crippen molar-refractivity contribution >= 4 is 11.7 Å². The fourth-order valence-electron chi connectivity index (χ4n) is 3.44. The minimum absolute atomic E-state index is 0.0549. The predicted octanol–water partition coefficient (Wildman–Crippen LogP) is 3.69. The number of rotatable bonds is 5. The Morgan fingerprint density at radius 3 is 2.42 bits per heavy atom. The van der Waals surface area contributed by atoms with Gasteiger partial charge in [-0.05, 0) is 49.4 Å². The van der Waals surface area contributed by atoms with Gasteiger partial charge in [-0.25, -0.2) is 9.37 Å². The topological polar surface area (TPSA) is 67.8 Å². The Bertz CT molecular complexity index is 1070. The first-order chi connectivity index (χ1) is 15.0. The van der Waals surface area contributed by atoms with Crippen LogP contribution < -0.4 is 14.4 Å². The molecule has 1 amide bonds. The summed E-state index contributed by atoms with van der Waals surface area (Å²) in [5, 5.41) is 0. The van der Waals surface area contributed by atoms with Crippen LogP contribution in [-0.4, -0.2) is 54.1 Å². The van der Waals surface area contributed by atoms with Crippen LogP contribution in [0.4, 0.5) is 10.2 Å². The Hall–Kier alpha value is -3.68. The van der Waals surface area contributed by atoms with Crippen LogP contribution in [0.2, 0.25) is 0 Å². The zero-order valence-electron chi connectivity index (χ0n) is 17.4. The number of aryl methyl sites for hydroxylation is 1. The molecule has 0 bridgehead atoms. The minimum atomic E-state index is -0.328. The molecule has 0 aliphatic carbocycles. The number of ether oxygens (including phenoxy) is 2. The van der Waals surface area contributed by atoms with Gasteiger partial charge in [-0.15, -0.1) is 0 Å². The van der Waals surface area contributed by atoms with Crippen molar-refractivity contribution in [3.63, 3.8) is 0 Å². The maximum atomic E-state index is 13.1. The Labute approximate surface area is 180 Å². The second kappa shape index (κ2) is 8.99. The lowest BCUT2D eigenvalue weighted by molar-refractivity contribution is 0.0746. The first kappa shape index (κ1) is 20.6. The quantitative estimate of drug-likeness (QED) is 0.625. The van der Waals surface area contributed by atoms with Crippen LogP contribution in [0.25, 0.3) is 0 Å². The summed E-state index contributed by atoms with van der Waals surface area (Å²) in [5.74, 6) is 2.62. The van der Waals surface area contributed by atoms with Gasteiger partial charge in [0.1, 0.15) is 29.0 Å². The van der Waals surface area contributed by atoms with Gasteiger partial charge in [-0.1, -0.05) is 6.07 Å². The molecule has 0 unspecified atom stereocenters. The Morgan fingerprint density at radius 2 is 1.71 bits per heavy atom. The molecule has 1 fully saturated rings. The van der Waals surface area contributed by atoms with Crippen molar-refractivity contribution in [1.29, 1.82) is 0 Å². The summed E-state index contributed by atoms with van der Waals surface area (Å²) in [6.07, 6.45) is 0. The van der Waals surface area contributed by atoms with Crippen molar-refractivity contribution in [3.05, 3.63) is 71.8 Å². The van der Waals surface area contributed by atoms with Gasteiger partial charge in [0.2, 0.25) is 5.88 Å².